The number of benzene rings is 1. The minimum Gasteiger partial charge on any atom is -0.348 e. The monoisotopic (exact) mass is 458 g/mol. The first-order valence-corrected chi connectivity index (χ1v) is 12.3. The first-order valence-electron chi connectivity index (χ1n) is 12.3. The van der Waals surface area contributed by atoms with Gasteiger partial charge < -0.3 is 5.32 Å². The van der Waals surface area contributed by atoms with Gasteiger partial charge in [-0.15, -0.1) is 0 Å². The number of amides is 1. The molecule has 1 aromatic carbocycles. The van der Waals surface area contributed by atoms with Gasteiger partial charge in [-0.05, 0) is 68.0 Å². The average Bonchev–Trinajstić information content (AvgIpc) is 3.45. The molecule has 3 aromatic rings. The van der Waals surface area contributed by atoms with E-state index in [0.29, 0.717) is 17.5 Å². The first kappa shape index (κ1) is 22.5. The predicted molar refractivity (Wildman–Crippen MR) is 130 cm³/mol. The van der Waals surface area contributed by atoms with E-state index in [4.69, 9.17) is 0 Å². The van der Waals surface area contributed by atoms with E-state index in [9.17, 15) is 9.18 Å². The van der Waals surface area contributed by atoms with Crippen LogP contribution in [0.15, 0.2) is 66.0 Å². The lowest BCUT2D eigenvalue weighted by Gasteiger charge is -2.29. The molecule has 0 fully saturated rings. The summed E-state index contributed by atoms with van der Waals surface area (Å²) in [4.78, 5) is 17.0. The van der Waals surface area contributed by atoms with Gasteiger partial charge in [-0.2, -0.15) is 5.10 Å². The number of nitrogens with one attached hydrogen (secondary N) is 1. The number of aromatic nitrogens is 3. The Kier molecular flexibility index (Phi) is 6.31. The number of carbonyl (C=O) groups excluding carboxylic acids is 1. The smallest absolute Gasteiger partial charge is 0.270 e. The normalized spacial score (nSPS) is 20.1. The molecule has 0 saturated heterocycles. The van der Waals surface area contributed by atoms with Crippen LogP contribution in [-0.2, 0) is 6.42 Å². The average molecular weight is 459 g/mol. The van der Waals surface area contributed by atoms with Crippen molar-refractivity contribution in [2.75, 3.05) is 0 Å². The maximum Gasteiger partial charge on any atom is 0.270 e. The number of pyridine rings is 1. The van der Waals surface area contributed by atoms with Gasteiger partial charge in [-0.1, -0.05) is 37.5 Å². The molecule has 0 saturated carbocycles. The highest BCUT2D eigenvalue weighted by molar-refractivity contribution is 5.92. The maximum atomic E-state index is 13.4. The molecule has 1 amide bonds. The lowest BCUT2D eigenvalue weighted by Crippen LogP contribution is -2.37. The fourth-order valence-corrected chi connectivity index (χ4v) is 5.83. The van der Waals surface area contributed by atoms with Crippen molar-refractivity contribution in [1.82, 2.24) is 20.1 Å². The van der Waals surface area contributed by atoms with Crippen molar-refractivity contribution in [2.45, 2.75) is 64.3 Å². The molecule has 0 radical (unpaired) electrons. The molecule has 2 aliphatic carbocycles. The Labute approximate surface area is 200 Å². The molecule has 0 spiro atoms. The highest BCUT2D eigenvalue weighted by Crippen LogP contribution is 2.48. The van der Waals surface area contributed by atoms with Gasteiger partial charge in [-0.25, -0.2) is 9.07 Å². The Bertz CT molecular complexity index is 1200. The van der Waals surface area contributed by atoms with Crippen molar-refractivity contribution in [1.29, 1.82) is 0 Å². The summed E-state index contributed by atoms with van der Waals surface area (Å²) < 4.78 is 15.4. The van der Waals surface area contributed by atoms with E-state index in [-0.39, 0.29) is 17.8 Å². The third kappa shape index (κ3) is 4.29. The molecule has 34 heavy (non-hydrogen) atoms. The van der Waals surface area contributed by atoms with Crippen LogP contribution >= 0.6 is 0 Å². The van der Waals surface area contributed by atoms with E-state index in [0.717, 1.165) is 44.2 Å². The topological polar surface area (TPSA) is 59.8 Å². The number of allylic oxidation sites excluding steroid dienone is 2. The molecule has 2 heterocycles. The summed E-state index contributed by atoms with van der Waals surface area (Å²) in [7, 11) is 0. The summed E-state index contributed by atoms with van der Waals surface area (Å²) in [5, 5.41) is 7.92. The zero-order chi connectivity index (χ0) is 23.7. The van der Waals surface area contributed by atoms with Crippen LogP contribution in [0.25, 0.3) is 5.69 Å². The summed E-state index contributed by atoms with van der Waals surface area (Å²) in [6.45, 7) is 4.45. The minimum absolute atomic E-state index is 0.0918. The second-order valence-electron chi connectivity index (χ2n) is 9.54. The van der Waals surface area contributed by atoms with Crippen molar-refractivity contribution in [3.8, 4) is 5.69 Å². The van der Waals surface area contributed by atoms with Crippen LogP contribution in [0.2, 0.25) is 0 Å². The number of rotatable bonds is 7. The van der Waals surface area contributed by atoms with Gasteiger partial charge >= 0.3 is 0 Å². The van der Waals surface area contributed by atoms with Crippen molar-refractivity contribution in [3.05, 3.63) is 88.8 Å². The Morgan fingerprint density at radius 1 is 1.24 bits per heavy atom. The number of hydrogen-bond acceptors (Lipinski definition) is 3. The number of nitrogens with zero attached hydrogens (tertiary/aromatic N) is 3. The lowest BCUT2D eigenvalue weighted by molar-refractivity contribution is 0.0924. The molecular weight excluding hydrogens is 427 g/mol. The molecule has 1 unspecified atom stereocenters. The fourth-order valence-electron chi connectivity index (χ4n) is 5.83. The van der Waals surface area contributed by atoms with E-state index in [1.54, 1.807) is 30.0 Å². The molecule has 1 N–H and O–H groups in total. The lowest BCUT2D eigenvalue weighted by atomic mass is 9.78. The molecule has 0 bridgehead atoms. The summed E-state index contributed by atoms with van der Waals surface area (Å²) in [6.07, 6.45) is 9.68. The minimum atomic E-state index is -0.237. The maximum absolute atomic E-state index is 13.4. The standard InChI is InChI=1S/C28H31FN4O/c1-3-6-22(32-28(34)25-7-4-5-14-30-25)15-19-8-9-20-16-26-24(18(2)27(19)20)17-31-33(26)23-12-10-21(29)11-13-23/h4-5,7,10-14,17-19,22H,3,6,8-9,15-16H2,1-2H3,(H,32,34)/t18-,19+,22?/m0/s1. The molecule has 176 valence electrons. The molecule has 5 nitrogen and oxygen atoms in total. The van der Waals surface area contributed by atoms with Crippen LogP contribution < -0.4 is 5.32 Å². The predicted octanol–water partition coefficient (Wildman–Crippen LogP) is 5.76. The number of carbonyl (C=O) groups is 1. The van der Waals surface area contributed by atoms with Gasteiger partial charge in [0.05, 0.1) is 17.6 Å². The van der Waals surface area contributed by atoms with Gasteiger partial charge in [0.25, 0.3) is 5.91 Å². The Hall–Kier alpha value is -3.28. The van der Waals surface area contributed by atoms with Gasteiger partial charge in [-0.3, -0.25) is 9.78 Å². The quantitative estimate of drug-likeness (QED) is 0.458. The second kappa shape index (κ2) is 9.53. The van der Waals surface area contributed by atoms with Crippen molar-refractivity contribution in [2.24, 2.45) is 5.92 Å². The van der Waals surface area contributed by atoms with Gasteiger partial charge in [0.15, 0.2) is 0 Å². The van der Waals surface area contributed by atoms with Gasteiger partial charge in [0.1, 0.15) is 11.5 Å². The Morgan fingerprint density at radius 3 is 2.79 bits per heavy atom. The van der Waals surface area contributed by atoms with E-state index in [1.807, 2.05) is 23.0 Å². The van der Waals surface area contributed by atoms with Crippen LogP contribution in [0.1, 0.15) is 73.6 Å². The van der Waals surface area contributed by atoms with E-state index in [2.05, 4.69) is 29.2 Å². The van der Waals surface area contributed by atoms with Crippen molar-refractivity contribution in [3.63, 3.8) is 0 Å². The zero-order valence-electron chi connectivity index (χ0n) is 19.8. The first-order chi connectivity index (χ1) is 16.5. The number of fused-ring (bicyclic) bond motifs is 1. The Morgan fingerprint density at radius 2 is 2.06 bits per heavy atom. The Balaban J connectivity index is 1.34. The number of hydrogen-bond donors (Lipinski definition) is 1. The molecule has 5 rings (SSSR count). The summed E-state index contributed by atoms with van der Waals surface area (Å²) in [5.74, 6) is 0.437. The van der Waals surface area contributed by atoms with Crippen molar-refractivity contribution < 1.29 is 9.18 Å². The van der Waals surface area contributed by atoms with Crippen LogP contribution in [0.3, 0.4) is 0 Å². The van der Waals surface area contributed by atoms with E-state index >= 15 is 0 Å². The molecular formula is C28H31FN4O. The zero-order valence-corrected chi connectivity index (χ0v) is 19.8. The third-order valence-corrected chi connectivity index (χ3v) is 7.37. The van der Waals surface area contributed by atoms with Gasteiger partial charge in [0.2, 0.25) is 0 Å². The van der Waals surface area contributed by atoms with Crippen LogP contribution in [0.5, 0.6) is 0 Å². The van der Waals surface area contributed by atoms with Crippen molar-refractivity contribution >= 4 is 5.91 Å². The summed E-state index contributed by atoms with van der Waals surface area (Å²) >= 11 is 0. The number of halogens is 1. The van der Waals surface area contributed by atoms with Crippen LogP contribution in [0.4, 0.5) is 4.39 Å². The SMILES string of the molecule is CCCC(C[C@H]1CCC2=C1[C@@H](C)c1cnn(-c3ccc(F)cc3)c1C2)NC(=O)c1ccccn1. The van der Waals surface area contributed by atoms with Crippen LogP contribution in [-0.4, -0.2) is 26.7 Å². The summed E-state index contributed by atoms with van der Waals surface area (Å²) in [6, 6.07) is 12.1. The molecule has 2 aromatic heterocycles. The highest BCUT2D eigenvalue weighted by Gasteiger charge is 2.37. The van der Waals surface area contributed by atoms with Crippen LogP contribution in [0, 0.1) is 11.7 Å². The largest absolute Gasteiger partial charge is 0.348 e. The molecule has 0 aliphatic heterocycles. The molecule has 2 aliphatic rings. The van der Waals surface area contributed by atoms with E-state index in [1.165, 1.54) is 29.0 Å². The van der Waals surface area contributed by atoms with Gasteiger partial charge in [0, 0.05) is 30.1 Å². The fraction of sp³-hybridized carbons (Fsp3) is 0.393. The van der Waals surface area contributed by atoms with E-state index < -0.39 is 0 Å². The highest BCUT2D eigenvalue weighted by atomic mass is 19.1. The third-order valence-electron chi connectivity index (χ3n) is 7.37. The second-order valence-corrected chi connectivity index (χ2v) is 9.54. The molecule has 6 heteroatoms. The molecule has 3 atom stereocenters. The summed E-state index contributed by atoms with van der Waals surface area (Å²) in [5.41, 5.74) is 6.90.